The molecule has 38 heavy (non-hydrogen) atoms. The van der Waals surface area contributed by atoms with Crippen LogP contribution in [0.25, 0.3) is 0 Å². The Hall–Kier alpha value is -4.50. The van der Waals surface area contributed by atoms with Crippen LogP contribution in [0.2, 0.25) is 0 Å². The van der Waals surface area contributed by atoms with Gasteiger partial charge in [-0.05, 0) is 22.6 Å². The molecule has 9 heteroatoms. The minimum Gasteiger partial charge on any atom is -0.444 e. The zero-order valence-electron chi connectivity index (χ0n) is 21.3. The van der Waals surface area contributed by atoms with Crippen molar-refractivity contribution >= 4 is 23.7 Å². The molecule has 3 aromatic rings. The fourth-order valence-corrected chi connectivity index (χ4v) is 3.53. The first-order chi connectivity index (χ1) is 18.4. The number of carbonyl (C=O) groups excluding carboxylic acids is 3. The highest BCUT2D eigenvalue weighted by Crippen LogP contribution is 2.12. The van der Waals surface area contributed by atoms with Crippen molar-refractivity contribution in [2.24, 2.45) is 0 Å². The van der Waals surface area contributed by atoms with E-state index < -0.39 is 6.09 Å². The number of alkyl carbamates (subject to hydrolysis) is 1. The van der Waals surface area contributed by atoms with Gasteiger partial charge in [-0.2, -0.15) is 0 Å². The molecule has 1 unspecified atom stereocenters. The summed E-state index contributed by atoms with van der Waals surface area (Å²) in [6, 6.07) is 26.2. The van der Waals surface area contributed by atoms with Gasteiger partial charge in [-0.15, -0.1) is 0 Å². The van der Waals surface area contributed by atoms with Crippen LogP contribution in [0.1, 0.15) is 35.1 Å². The predicted octanol–water partition coefficient (Wildman–Crippen LogP) is 3.06. The molecular formula is C29H33N5O4. The summed E-state index contributed by atoms with van der Waals surface area (Å²) < 4.78 is 5.13. The van der Waals surface area contributed by atoms with E-state index in [2.05, 4.69) is 40.3 Å². The molecule has 198 valence electrons. The van der Waals surface area contributed by atoms with Crippen LogP contribution in [0, 0.1) is 5.41 Å². The van der Waals surface area contributed by atoms with Gasteiger partial charge < -0.3 is 20.7 Å². The molecule has 1 atom stereocenters. The topological polar surface area (TPSA) is 132 Å². The maximum Gasteiger partial charge on any atom is 0.413 e. The van der Waals surface area contributed by atoms with Gasteiger partial charge in [0.15, 0.2) is 0 Å². The second-order valence-electron chi connectivity index (χ2n) is 8.75. The monoisotopic (exact) mass is 515 g/mol. The van der Waals surface area contributed by atoms with E-state index in [9.17, 15) is 14.4 Å². The third kappa shape index (κ3) is 9.87. The minimum absolute atomic E-state index is 0.0897. The first-order valence-corrected chi connectivity index (χ1v) is 12.4. The Morgan fingerprint density at radius 1 is 0.789 bits per heavy atom. The molecule has 0 aliphatic carbocycles. The van der Waals surface area contributed by atoms with Crippen molar-refractivity contribution < 1.29 is 19.1 Å². The molecule has 0 spiro atoms. The van der Waals surface area contributed by atoms with Crippen LogP contribution in [0.15, 0.2) is 84.9 Å². The Bertz CT molecular complexity index is 1200. The fourth-order valence-electron chi connectivity index (χ4n) is 3.53. The van der Waals surface area contributed by atoms with Crippen LogP contribution in [-0.4, -0.2) is 43.4 Å². The molecule has 0 aliphatic rings. The molecule has 0 radical (unpaired) electrons. The van der Waals surface area contributed by atoms with Crippen LogP contribution in [0.5, 0.6) is 0 Å². The molecule has 0 heterocycles. The number of hydrogen-bond acceptors (Lipinski definition) is 6. The number of nitrogens with one attached hydrogen (secondary N) is 5. The van der Waals surface area contributed by atoms with Gasteiger partial charge in [-0.3, -0.25) is 20.3 Å². The van der Waals surface area contributed by atoms with Gasteiger partial charge in [-0.25, -0.2) is 4.79 Å². The second kappa shape index (κ2) is 14.9. The third-order valence-corrected chi connectivity index (χ3v) is 5.72. The summed E-state index contributed by atoms with van der Waals surface area (Å²) in [5.74, 6) is -0.381. The molecule has 3 rings (SSSR count). The average molecular weight is 516 g/mol. The standard InChI is InChI=1S/C29H33N5O4/c1-21(24-10-6-3-7-11-24)16-31-18-26(35)33-19-27(36)32-17-22-12-14-25(15-13-22)28(30)34-29(37)38-20-23-8-4-2-5-9-23/h2-15,21,31H,16-20H2,1H3,(H,32,36)(H,33,35)(H2,30,34,37). The van der Waals surface area contributed by atoms with Crippen LogP contribution >= 0.6 is 0 Å². The van der Waals surface area contributed by atoms with Crippen LogP contribution in [-0.2, 0) is 27.5 Å². The largest absolute Gasteiger partial charge is 0.444 e. The van der Waals surface area contributed by atoms with Crippen molar-refractivity contribution in [1.29, 1.82) is 5.41 Å². The molecule has 9 nitrogen and oxygen atoms in total. The summed E-state index contributed by atoms with van der Waals surface area (Å²) in [6.45, 7) is 3.13. The Labute approximate surface area is 222 Å². The zero-order chi connectivity index (χ0) is 27.2. The van der Waals surface area contributed by atoms with E-state index in [4.69, 9.17) is 10.1 Å². The summed E-state index contributed by atoms with van der Waals surface area (Å²) in [4.78, 5) is 36.1. The van der Waals surface area contributed by atoms with Gasteiger partial charge in [-0.1, -0.05) is 91.9 Å². The lowest BCUT2D eigenvalue weighted by atomic mass is 10.0. The van der Waals surface area contributed by atoms with E-state index in [0.29, 0.717) is 12.1 Å². The second-order valence-corrected chi connectivity index (χ2v) is 8.75. The molecule has 0 aliphatic heterocycles. The highest BCUT2D eigenvalue weighted by Gasteiger charge is 2.10. The summed E-state index contributed by atoms with van der Waals surface area (Å²) in [7, 11) is 0. The summed E-state index contributed by atoms with van der Waals surface area (Å²) in [5, 5.41) is 18.9. The van der Waals surface area contributed by atoms with Gasteiger partial charge in [0.2, 0.25) is 11.8 Å². The molecule has 0 saturated carbocycles. The van der Waals surface area contributed by atoms with E-state index in [1.54, 1.807) is 24.3 Å². The van der Waals surface area contributed by atoms with E-state index in [1.165, 1.54) is 5.56 Å². The van der Waals surface area contributed by atoms with Crippen molar-refractivity contribution in [3.63, 3.8) is 0 Å². The lowest BCUT2D eigenvalue weighted by Crippen LogP contribution is -2.41. The van der Waals surface area contributed by atoms with Crippen molar-refractivity contribution in [3.8, 4) is 0 Å². The summed E-state index contributed by atoms with van der Waals surface area (Å²) >= 11 is 0. The van der Waals surface area contributed by atoms with E-state index >= 15 is 0 Å². The minimum atomic E-state index is -0.710. The number of benzene rings is 3. The first-order valence-electron chi connectivity index (χ1n) is 12.4. The quantitative estimate of drug-likeness (QED) is 0.187. The normalized spacial score (nSPS) is 11.2. The molecule has 5 N–H and O–H groups in total. The fraction of sp³-hybridized carbons (Fsp3) is 0.241. The van der Waals surface area contributed by atoms with E-state index in [1.807, 2.05) is 48.5 Å². The lowest BCUT2D eigenvalue weighted by molar-refractivity contribution is -0.125. The molecule has 0 fully saturated rings. The van der Waals surface area contributed by atoms with Gasteiger partial charge in [0.05, 0.1) is 13.1 Å². The molecule has 0 aromatic heterocycles. The molecule has 3 aromatic carbocycles. The van der Waals surface area contributed by atoms with Gasteiger partial charge in [0.1, 0.15) is 12.4 Å². The van der Waals surface area contributed by atoms with Crippen LogP contribution in [0.3, 0.4) is 0 Å². The Morgan fingerprint density at radius 2 is 1.42 bits per heavy atom. The zero-order valence-corrected chi connectivity index (χ0v) is 21.3. The summed E-state index contributed by atoms with van der Waals surface area (Å²) in [6.07, 6.45) is -0.710. The summed E-state index contributed by atoms with van der Waals surface area (Å²) in [5.41, 5.74) is 3.36. The lowest BCUT2D eigenvalue weighted by Gasteiger charge is -2.13. The number of carbonyl (C=O) groups is 3. The third-order valence-electron chi connectivity index (χ3n) is 5.72. The van der Waals surface area contributed by atoms with E-state index in [0.717, 1.165) is 11.1 Å². The predicted molar refractivity (Wildman–Crippen MR) is 146 cm³/mol. The number of amides is 3. The molecule has 3 amide bonds. The van der Waals surface area contributed by atoms with Gasteiger partial charge >= 0.3 is 6.09 Å². The number of hydrogen-bond donors (Lipinski definition) is 5. The SMILES string of the molecule is CC(CNCC(=O)NCC(=O)NCc1ccc(C(=N)NC(=O)OCc2ccccc2)cc1)c1ccccc1. The number of rotatable bonds is 12. The Morgan fingerprint density at radius 3 is 2.11 bits per heavy atom. The molecule has 0 bridgehead atoms. The maximum atomic E-state index is 12.1. The van der Waals surface area contributed by atoms with Crippen molar-refractivity contribution in [2.45, 2.75) is 26.0 Å². The Kier molecular flexibility index (Phi) is 11.0. The number of ether oxygens (including phenoxy) is 1. The van der Waals surface area contributed by atoms with Crippen LogP contribution < -0.4 is 21.3 Å². The van der Waals surface area contributed by atoms with Gasteiger partial charge in [0, 0.05) is 18.7 Å². The average Bonchev–Trinajstić information content (AvgIpc) is 2.95. The van der Waals surface area contributed by atoms with Crippen molar-refractivity contribution in [3.05, 3.63) is 107 Å². The highest BCUT2D eigenvalue weighted by atomic mass is 16.5. The maximum absolute atomic E-state index is 12.1. The van der Waals surface area contributed by atoms with Crippen molar-refractivity contribution in [2.75, 3.05) is 19.6 Å². The molecule has 0 saturated heterocycles. The number of amidine groups is 1. The smallest absolute Gasteiger partial charge is 0.413 e. The Balaban J connectivity index is 1.30. The van der Waals surface area contributed by atoms with Crippen molar-refractivity contribution in [1.82, 2.24) is 21.3 Å². The molecular weight excluding hydrogens is 482 g/mol. The first kappa shape index (κ1) is 28.1. The van der Waals surface area contributed by atoms with Crippen LogP contribution in [0.4, 0.5) is 4.79 Å². The highest BCUT2D eigenvalue weighted by molar-refractivity contribution is 6.04. The van der Waals surface area contributed by atoms with Gasteiger partial charge in [0.25, 0.3) is 0 Å². The van der Waals surface area contributed by atoms with E-state index in [-0.39, 0.29) is 49.8 Å².